The number of rotatable bonds is 4. The van der Waals surface area contributed by atoms with E-state index in [4.69, 9.17) is 14.3 Å². The number of aliphatic hydroxyl groups excluding tert-OH is 1. The van der Waals surface area contributed by atoms with E-state index in [1.54, 1.807) is 17.0 Å². The normalized spacial score (nSPS) is 17.1. The van der Waals surface area contributed by atoms with Gasteiger partial charge in [0.2, 0.25) is 0 Å². The molecule has 1 aromatic rings. The number of furan rings is 1. The zero-order valence-electron chi connectivity index (χ0n) is 10.6. The van der Waals surface area contributed by atoms with E-state index in [0.29, 0.717) is 25.5 Å². The van der Waals surface area contributed by atoms with Crippen LogP contribution in [0.25, 0.3) is 0 Å². The van der Waals surface area contributed by atoms with Gasteiger partial charge in [0.05, 0.1) is 19.3 Å². The molecule has 0 radical (unpaired) electrons. The summed E-state index contributed by atoms with van der Waals surface area (Å²) in [5.74, 6) is 1.10. The highest BCUT2D eigenvalue weighted by atomic mass is 16.5. The lowest BCUT2D eigenvalue weighted by atomic mass is 10.1. The number of carbonyl (C=O) groups is 1. The van der Waals surface area contributed by atoms with E-state index in [2.05, 4.69) is 0 Å². The average Bonchev–Trinajstić information content (AvgIpc) is 2.83. The van der Waals surface area contributed by atoms with Crippen molar-refractivity contribution < 1.29 is 19.1 Å². The fraction of sp³-hybridized carbons (Fsp3) is 0.615. The molecule has 1 saturated heterocycles. The molecule has 0 unspecified atom stereocenters. The Morgan fingerprint density at radius 2 is 2.22 bits per heavy atom. The largest absolute Gasteiger partial charge is 0.456 e. The molecule has 0 aliphatic carbocycles. The smallest absolute Gasteiger partial charge is 0.289 e. The fourth-order valence-electron chi connectivity index (χ4n) is 2.15. The van der Waals surface area contributed by atoms with Gasteiger partial charge in [0.25, 0.3) is 5.91 Å². The molecule has 2 rings (SSSR count). The second kappa shape index (κ2) is 6.02. The summed E-state index contributed by atoms with van der Waals surface area (Å²) < 4.78 is 10.8. The van der Waals surface area contributed by atoms with E-state index in [-0.39, 0.29) is 18.6 Å². The molecule has 0 bridgehead atoms. The van der Waals surface area contributed by atoms with Crippen molar-refractivity contribution in [3.63, 3.8) is 0 Å². The Morgan fingerprint density at radius 1 is 1.50 bits per heavy atom. The monoisotopic (exact) mass is 253 g/mol. The van der Waals surface area contributed by atoms with E-state index in [9.17, 15) is 4.79 Å². The highest BCUT2D eigenvalue weighted by Gasteiger charge is 2.25. The van der Waals surface area contributed by atoms with E-state index in [1.165, 1.54) is 0 Å². The van der Waals surface area contributed by atoms with Crippen LogP contribution < -0.4 is 0 Å². The van der Waals surface area contributed by atoms with Gasteiger partial charge < -0.3 is 19.2 Å². The van der Waals surface area contributed by atoms with Crippen LogP contribution in [0.5, 0.6) is 0 Å². The van der Waals surface area contributed by atoms with Crippen LogP contribution in [0.4, 0.5) is 0 Å². The lowest BCUT2D eigenvalue weighted by molar-refractivity contribution is -0.00610. The summed E-state index contributed by atoms with van der Waals surface area (Å²) >= 11 is 0. The molecule has 2 heterocycles. The van der Waals surface area contributed by atoms with E-state index >= 15 is 0 Å². The van der Waals surface area contributed by atoms with Crippen molar-refractivity contribution >= 4 is 5.91 Å². The second-order valence-electron chi connectivity index (χ2n) is 4.50. The van der Waals surface area contributed by atoms with Gasteiger partial charge in [-0.25, -0.2) is 0 Å². The number of hydrogen-bond acceptors (Lipinski definition) is 4. The molecule has 0 spiro atoms. The Bertz CT molecular complexity index is 393. The third-order valence-electron chi connectivity index (χ3n) is 3.13. The molecule has 0 aromatic carbocycles. The Labute approximate surface area is 106 Å². The number of piperidine rings is 1. The van der Waals surface area contributed by atoms with E-state index in [1.807, 2.05) is 6.92 Å². The van der Waals surface area contributed by atoms with Gasteiger partial charge in [-0.1, -0.05) is 0 Å². The van der Waals surface area contributed by atoms with Crippen LogP contribution in [-0.4, -0.2) is 48.3 Å². The molecule has 100 valence electrons. The molecule has 1 aliphatic heterocycles. The predicted octanol–water partition coefficient (Wildman–Crippen LogP) is 1.20. The first-order valence-corrected chi connectivity index (χ1v) is 6.29. The molecule has 5 nitrogen and oxygen atoms in total. The van der Waals surface area contributed by atoms with Crippen molar-refractivity contribution in [1.82, 2.24) is 4.90 Å². The Morgan fingerprint density at radius 3 is 2.78 bits per heavy atom. The van der Waals surface area contributed by atoms with E-state index < -0.39 is 0 Å². The molecule has 18 heavy (non-hydrogen) atoms. The SMILES string of the molecule is Cc1ccc(C(=O)N2CCC(OCCO)CC2)o1. The fourth-order valence-corrected chi connectivity index (χ4v) is 2.15. The van der Waals surface area contributed by atoms with Crippen LogP contribution in [0.3, 0.4) is 0 Å². The average molecular weight is 253 g/mol. The van der Waals surface area contributed by atoms with Gasteiger partial charge in [-0.05, 0) is 31.9 Å². The maximum atomic E-state index is 12.1. The molecule has 0 atom stereocenters. The lowest BCUT2D eigenvalue weighted by Gasteiger charge is -2.31. The quantitative estimate of drug-likeness (QED) is 0.875. The highest BCUT2D eigenvalue weighted by Crippen LogP contribution is 2.17. The molecule has 0 saturated carbocycles. The summed E-state index contributed by atoms with van der Waals surface area (Å²) in [7, 11) is 0. The van der Waals surface area contributed by atoms with Crippen molar-refractivity contribution in [3.8, 4) is 0 Å². The molecule has 1 aliphatic rings. The molecule has 1 amide bonds. The van der Waals surface area contributed by atoms with Crippen molar-refractivity contribution in [3.05, 3.63) is 23.7 Å². The first kappa shape index (κ1) is 13.1. The van der Waals surface area contributed by atoms with Crippen LogP contribution in [0.1, 0.15) is 29.2 Å². The van der Waals surface area contributed by atoms with Gasteiger partial charge in [-0.15, -0.1) is 0 Å². The van der Waals surface area contributed by atoms with Gasteiger partial charge >= 0.3 is 0 Å². The molecule has 1 N–H and O–H groups in total. The van der Waals surface area contributed by atoms with Gasteiger partial charge in [-0.3, -0.25) is 4.79 Å². The van der Waals surface area contributed by atoms with Crippen LogP contribution in [0, 0.1) is 6.92 Å². The van der Waals surface area contributed by atoms with Crippen molar-refractivity contribution in [1.29, 1.82) is 0 Å². The summed E-state index contributed by atoms with van der Waals surface area (Å²) in [5.41, 5.74) is 0. The van der Waals surface area contributed by atoms with Crippen LogP contribution in [0.2, 0.25) is 0 Å². The summed E-state index contributed by atoms with van der Waals surface area (Å²) in [5, 5.41) is 8.69. The summed E-state index contributed by atoms with van der Waals surface area (Å²) in [6.07, 6.45) is 1.77. The summed E-state index contributed by atoms with van der Waals surface area (Å²) in [6, 6.07) is 3.51. The topological polar surface area (TPSA) is 62.9 Å². The van der Waals surface area contributed by atoms with Gasteiger partial charge in [-0.2, -0.15) is 0 Å². The number of amides is 1. The standard InChI is InChI=1S/C13H19NO4/c1-10-2-3-12(18-10)13(16)14-6-4-11(5-7-14)17-9-8-15/h2-3,11,15H,4-9H2,1H3. The minimum Gasteiger partial charge on any atom is -0.456 e. The minimum absolute atomic E-state index is 0.0464. The highest BCUT2D eigenvalue weighted by molar-refractivity contribution is 5.91. The lowest BCUT2D eigenvalue weighted by Crippen LogP contribution is -2.41. The molecule has 1 aromatic heterocycles. The Kier molecular flexibility index (Phi) is 4.38. The number of aliphatic hydroxyl groups is 1. The van der Waals surface area contributed by atoms with Crippen LogP contribution >= 0.6 is 0 Å². The van der Waals surface area contributed by atoms with Crippen molar-refractivity contribution in [2.45, 2.75) is 25.9 Å². The predicted molar refractivity (Wildman–Crippen MR) is 65.4 cm³/mol. The zero-order chi connectivity index (χ0) is 13.0. The number of hydrogen-bond donors (Lipinski definition) is 1. The van der Waals surface area contributed by atoms with E-state index in [0.717, 1.165) is 18.6 Å². The number of aryl methyl sites for hydroxylation is 1. The van der Waals surface area contributed by atoms with Gasteiger partial charge in [0.1, 0.15) is 5.76 Å². The number of carbonyl (C=O) groups excluding carboxylic acids is 1. The van der Waals surface area contributed by atoms with Crippen LogP contribution in [0.15, 0.2) is 16.5 Å². The maximum absolute atomic E-state index is 12.1. The zero-order valence-corrected chi connectivity index (χ0v) is 10.6. The van der Waals surface area contributed by atoms with Crippen molar-refractivity contribution in [2.24, 2.45) is 0 Å². The Hall–Kier alpha value is -1.33. The first-order chi connectivity index (χ1) is 8.70. The first-order valence-electron chi connectivity index (χ1n) is 6.29. The minimum atomic E-state index is -0.0521. The number of likely N-dealkylation sites (tertiary alicyclic amines) is 1. The molecule has 5 heteroatoms. The molecular formula is C13H19NO4. The van der Waals surface area contributed by atoms with Gasteiger partial charge in [0.15, 0.2) is 5.76 Å². The van der Waals surface area contributed by atoms with Crippen LogP contribution in [-0.2, 0) is 4.74 Å². The third-order valence-corrected chi connectivity index (χ3v) is 3.13. The third kappa shape index (κ3) is 3.11. The number of nitrogens with zero attached hydrogens (tertiary/aromatic N) is 1. The molecule has 1 fully saturated rings. The van der Waals surface area contributed by atoms with Gasteiger partial charge in [0, 0.05) is 13.1 Å². The Balaban J connectivity index is 1.84. The molecular weight excluding hydrogens is 234 g/mol. The van der Waals surface area contributed by atoms with Crippen molar-refractivity contribution in [2.75, 3.05) is 26.3 Å². The maximum Gasteiger partial charge on any atom is 0.289 e. The number of ether oxygens (including phenoxy) is 1. The summed E-state index contributed by atoms with van der Waals surface area (Å²) in [4.78, 5) is 13.9. The second-order valence-corrected chi connectivity index (χ2v) is 4.50. The summed E-state index contributed by atoms with van der Waals surface area (Å²) in [6.45, 7) is 3.59.